The summed E-state index contributed by atoms with van der Waals surface area (Å²) in [5.74, 6) is 0. The lowest BCUT2D eigenvalue weighted by molar-refractivity contribution is 0.138. The minimum atomic E-state index is -0.0732. The molecule has 1 rings (SSSR count). The predicted molar refractivity (Wildman–Crippen MR) is 91.7 cm³/mol. The summed E-state index contributed by atoms with van der Waals surface area (Å²) >= 11 is 0. The number of likely N-dealkylation sites (N-methyl/N-ethyl adjacent to an activating group) is 1. The summed E-state index contributed by atoms with van der Waals surface area (Å²) in [6.07, 6.45) is 8.02. The van der Waals surface area contributed by atoms with Crippen LogP contribution in [-0.2, 0) is 0 Å². The molecule has 1 N–H and O–H groups in total. The van der Waals surface area contributed by atoms with Gasteiger partial charge in [0.2, 0.25) is 0 Å². The molecule has 3 nitrogen and oxygen atoms in total. The molecule has 0 aromatic heterocycles. The molecular weight excluding hydrogens is 260 g/mol. The molecule has 0 aromatic carbocycles. The van der Waals surface area contributed by atoms with E-state index in [-0.39, 0.29) is 6.10 Å². The van der Waals surface area contributed by atoms with Crippen molar-refractivity contribution in [3.63, 3.8) is 0 Å². The molecule has 126 valence electrons. The van der Waals surface area contributed by atoms with Gasteiger partial charge in [0.15, 0.2) is 0 Å². The maximum absolute atomic E-state index is 10.0. The Bertz CT molecular complexity index is 254. The normalized spacial score (nSPS) is 19.9. The SMILES string of the molecule is CN1CCN(CCCCC[C@@H](O)CCCC(C)(C)C)CC1. The Balaban J connectivity index is 1.91. The van der Waals surface area contributed by atoms with Gasteiger partial charge in [-0.3, -0.25) is 0 Å². The van der Waals surface area contributed by atoms with Gasteiger partial charge in [-0.25, -0.2) is 0 Å². The highest BCUT2D eigenvalue weighted by Gasteiger charge is 2.13. The average Bonchev–Trinajstić information content (AvgIpc) is 2.39. The van der Waals surface area contributed by atoms with Gasteiger partial charge in [0, 0.05) is 26.2 Å². The quantitative estimate of drug-likeness (QED) is 0.661. The molecule has 0 bridgehead atoms. The number of rotatable bonds is 9. The minimum absolute atomic E-state index is 0.0732. The van der Waals surface area contributed by atoms with Crippen LogP contribution in [0.3, 0.4) is 0 Å². The Hall–Kier alpha value is -0.120. The molecule has 3 heteroatoms. The van der Waals surface area contributed by atoms with E-state index in [9.17, 15) is 5.11 Å². The molecular formula is C18H38N2O. The van der Waals surface area contributed by atoms with Gasteiger partial charge in [-0.05, 0) is 44.7 Å². The van der Waals surface area contributed by atoms with Crippen LogP contribution in [0.15, 0.2) is 0 Å². The second-order valence-corrected chi connectivity index (χ2v) is 8.10. The first-order valence-electron chi connectivity index (χ1n) is 8.96. The summed E-state index contributed by atoms with van der Waals surface area (Å²) in [6.45, 7) is 13.0. The first kappa shape index (κ1) is 18.9. The minimum Gasteiger partial charge on any atom is -0.393 e. The van der Waals surface area contributed by atoms with E-state index in [0.29, 0.717) is 5.41 Å². The lowest BCUT2D eigenvalue weighted by Crippen LogP contribution is -2.44. The van der Waals surface area contributed by atoms with Crippen molar-refractivity contribution in [2.24, 2.45) is 5.41 Å². The maximum Gasteiger partial charge on any atom is 0.0540 e. The maximum atomic E-state index is 10.0. The van der Waals surface area contributed by atoms with Crippen LogP contribution >= 0.6 is 0 Å². The monoisotopic (exact) mass is 298 g/mol. The molecule has 1 heterocycles. The number of hydrogen-bond acceptors (Lipinski definition) is 3. The fourth-order valence-electron chi connectivity index (χ4n) is 2.98. The first-order chi connectivity index (χ1) is 9.87. The third kappa shape index (κ3) is 10.3. The Kier molecular flexibility index (Phi) is 8.84. The van der Waals surface area contributed by atoms with Gasteiger partial charge in [0.05, 0.1) is 6.10 Å². The van der Waals surface area contributed by atoms with Crippen molar-refractivity contribution in [3.8, 4) is 0 Å². The third-order valence-corrected chi connectivity index (χ3v) is 4.57. The summed E-state index contributed by atoms with van der Waals surface area (Å²) in [5, 5.41) is 10.0. The number of piperazine rings is 1. The number of hydrogen-bond donors (Lipinski definition) is 1. The van der Waals surface area contributed by atoms with E-state index < -0.39 is 0 Å². The number of aliphatic hydroxyl groups is 1. The topological polar surface area (TPSA) is 26.7 Å². The summed E-state index contributed by atoms with van der Waals surface area (Å²) in [4.78, 5) is 4.99. The van der Waals surface area contributed by atoms with Gasteiger partial charge < -0.3 is 14.9 Å². The zero-order chi connectivity index (χ0) is 15.7. The van der Waals surface area contributed by atoms with Crippen LogP contribution in [0.4, 0.5) is 0 Å². The summed E-state index contributed by atoms with van der Waals surface area (Å²) < 4.78 is 0. The molecule has 0 spiro atoms. The van der Waals surface area contributed by atoms with Crippen molar-refractivity contribution >= 4 is 0 Å². The molecule has 1 fully saturated rings. The van der Waals surface area contributed by atoms with E-state index in [0.717, 1.165) is 19.3 Å². The van der Waals surface area contributed by atoms with E-state index in [2.05, 4.69) is 37.6 Å². The van der Waals surface area contributed by atoms with Gasteiger partial charge in [-0.1, -0.05) is 40.0 Å². The van der Waals surface area contributed by atoms with Crippen molar-refractivity contribution in [1.29, 1.82) is 0 Å². The van der Waals surface area contributed by atoms with Crippen LogP contribution in [0, 0.1) is 5.41 Å². The number of unbranched alkanes of at least 4 members (excludes halogenated alkanes) is 2. The van der Waals surface area contributed by atoms with Gasteiger partial charge in [0.25, 0.3) is 0 Å². The van der Waals surface area contributed by atoms with Crippen LogP contribution in [0.2, 0.25) is 0 Å². The molecule has 1 aliphatic rings. The molecule has 1 saturated heterocycles. The van der Waals surface area contributed by atoms with Gasteiger partial charge in [0.1, 0.15) is 0 Å². The van der Waals surface area contributed by atoms with E-state index in [1.54, 1.807) is 0 Å². The Morgan fingerprint density at radius 3 is 2.14 bits per heavy atom. The highest BCUT2D eigenvalue weighted by molar-refractivity contribution is 4.69. The third-order valence-electron chi connectivity index (χ3n) is 4.57. The first-order valence-corrected chi connectivity index (χ1v) is 8.96. The number of aliphatic hydroxyl groups excluding tert-OH is 1. The average molecular weight is 299 g/mol. The molecule has 0 unspecified atom stereocenters. The largest absolute Gasteiger partial charge is 0.393 e. The van der Waals surface area contributed by atoms with Crippen molar-refractivity contribution in [2.75, 3.05) is 39.8 Å². The van der Waals surface area contributed by atoms with Gasteiger partial charge in [-0.15, -0.1) is 0 Å². The highest BCUT2D eigenvalue weighted by atomic mass is 16.3. The lowest BCUT2D eigenvalue weighted by Gasteiger charge is -2.32. The second kappa shape index (κ2) is 9.81. The fraction of sp³-hybridized carbons (Fsp3) is 1.00. The summed E-state index contributed by atoms with van der Waals surface area (Å²) in [6, 6.07) is 0. The van der Waals surface area contributed by atoms with E-state index in [1.807, 2.05) is 0 Å². The Morgan fingerprint density at radius 2 is 1.52 bits per heavy atom. The molecule has 0 aliphatic carbocycles. The second-order valence-electron chi connectivity index (χ2n) is 8.10. The summed E-state index contributed by atoms with van der Waals surface area (Å²) in [5.41, 5.74) is 0.405. The van der Waals surface area contributed by atoms with Crippen LogP contribution in [0.25, 0.3) is 0 Å². The van der Waals surface area contributed by atoms with Crippen molar-refractivity contribution < 1.29 is 5.11 Å². The zero-order valence-corrected chi connectivity index (χ0v) is 14.9. The van der Waals surface area contributed by atoms with Crippen molar-refractivity contribution in [2.45, 2.75) is 71.8 Å². The number of nitrogens with zero attached hydrogens (tertiary/aromatic N) is 2. The van der Waals surface area contributed by atoms with E-state index in [1.165, 1.54) is 58.4 Å². The summed E-state index contributed by atoms with van der Waals surface area (Å²) in [7, 11) is 2.21. The van der Waals surface area contributed by atoms with E-state index in [4.69, 9.17) is 0 Å². The molecule has 1 atom stereocenters. The molecule has 0 radical (unpaired) electrons. The van der Waals surface area contributed by atoms with Gasteiger partial charge >= 0.3 is 0 Å². The Morgan fingerprint density at radius 1 is 0.905 bits per heavy atom. The smallest absolute Gasteiger partial charge is 0.0540 e. The lowest BCUT2D eigenvalue weighted by atomic mass is 9.89. The molecule has 21 heavy (non-hydrogen) atoms. The van der Waals surface area contributed by atoms with E-state index >= 15 is 0 Å². The van der Waals surface area contributed by atoms with Gasteiger partial charge in [-0.2, -0.15) is 0 Å². The van der Waals surface area contributed by atoms with Crippen LogP contribution in [0.5, 0.6) is 0 Å². The van der Waals surface area contributed by atoms with Crippen LogP contribution in [0.1, 0.15) is 65.7 Å². The van der Waals surface area contributed by atoms with Crippen molar-refractivity contribution in [1.82, 2.24) is 9.80 Å². The highest BCUT2D eigenvalue weighted by Crippen LogP contribution is 2.22. The fourth-order valence-corrected chi connectivity index (χ4v) is 2.98. The zero-order valence-electron chi connectivity index (χ0n) is 14.9. The predicted octanol–water partition coefficient (Wildman–Crippen LogP) is 3.37. The molecule has 0 aromatic rings. The Labute approximate surface area is 132 Å². The van der Waals surface area contributed by atoms with Crippen molar-refractivity contribution in [3.05, 3.63) is 0 Å². The molecule has 0 saturated carbocycles. The standard InChI is InChI=1S/C18H38N2O/c1-18(2,3)11-8-10-17(21)9-6-5-7-12-20-15-13-19(4)14-16-20/h17,21H,5-16H2,1-4H3/t17-/m1/s1. The van der Waals surface area contributed by atoms with Crippen LogP contribution < -0.4 is 0 Å². The molecule has 0 amide bonds. The molecule has 1 aliphatic heterocycles. The van der Waals surface area contributed by atoms with Crippen LogP contribution in [-0.4, -0.2) is 60.8 Å².